The standard InChI is InChI=1S/C15H12ClFOS/c1-10-7-12(17)5-6-14(10)15(18)9-19-13-4-2-3-11(16)8-13/h2-8H,9H2,1H3. The van der Waals surface area contributed by atoms with E-state index in [1.54, 1.807) is 13.0 Å². The normalized spacial score (nSPS) is 10.5. The second-order valence-electron chi connectivity index (χ2n) is 4.13. The summed E-state index contributed by atoms with van der Waals surface area (Å²) in [5.41, 5.74) is 1.23. The third-order valence-corrected chi connectivity index (χ3v) is 3.88. The quantitative estimate of drug-likeness (QED) is 0.597. The van der Waals surface area contributed by atoms with E-state index in [9.17, 15) is 9.18 Å². The molecule has 0 unspecified atom stereocenters. The van der Waals surface area contributed by atoms with Crippen molar-refractivity contribution in [3.63, 3.8) is 0 Å². The van der Waals surface area contributed by atoms with Gasteiger partial charge in [-0.15, -0.1) is 11.8 Å². The Hall–Kier alpha value is -1.32. The van der Waals surface area contributed by atoms with Crippen molar-refractivity contribution >= 4 is 29.1 Å². The molecular weight excluding hydrogens is 283 g/mol. The molecule has 0 bridgehead atoms. The Morgan fingerprint density at radius 2 is 2.05 bits per heavy atom. The summed E-state index contributed by atoms with van der Waals surface area (Å²) in [5.74, 6) is -0.0219. The largest absolute Gasteiger partial charge is 0.293 e. The highest BCUT2D eigenvalue weighted by molar-refractivity contribution is 8.00. The minimum Gasteiger partial charge on any atom is -0.293 e. The fraction of sp³-hybridized carbons (Fsp3) is 0.133. The van der Waals surface area contributed by atoms with E-state index in [-0.39, 0.29) is 11.6 Å². The Morgan fingerprint density at radius 3 is 2.74 bits per heavy atom. The van der Waals surface area contributed by atoms with E-state index in [0.717, 1.165) is 4.90 Å². The number of ketones is 1. The Balaban J connectivity index is 2.05. The minimum atomic E-state index is -0.323. The summed E-state index contributed by atoms with van der Waals surface area (Å²) in [6.45, 7) is 1.74. The van der Waals surface area contributed by atoms with Crippen LogP contribution in [0.1, 0.15) is 15.9 Å². The van der Waals surface area contributed by atoms with E-state index in [4.69, 9.17) is 11.6 Å². The molecule has 0 atom stereocenters. The SMILES string of the molecule is Cc1cc(F)ccc1C(=O)CSc1cccc(Cl)c1. The summed E-state index contributed by atoms with van der Waals surface area (Å²) in [6, 6.07) is 11.6. The van der Waals surface area contributed by atoms with Gasteiger partial charge in [-0.2, -0.15) is 0 Å². The zero-order valence-electron chi connectivity index (χ0n) is 10.3. The first kappa shape index (κ1) is 14.1. The second-order valence-corrected chi connectivity index (χ2v) is 5.61. The van der Waals surface area contributed by atoms with Crippen molar-refractivity contribution < 1.29 is 9.18 Å². The lowest BCUT2D eigenvalue weighted by Crippen LogP contribution is -2.05. The number of rotatable bonds is 4. The van der Waals surface area contributed by atoms with Gasteiger partial charge < -0.3 is 0 Å². The summed E-state index contributed by atoms with van der Waals surface area (Å²) in [5, 5.41) is 0.649. The molecule has 4 heteroatoms. The van der Waals surface area contributed by atoms with Crippen LogP contribution >= 0.6 is 23.4 Å². The van der Waals surface area contributed by atoms with Gasteiger partial charge in [0.2, 0.25) is 0 Å². The van der Waals surface area contributed by atoms with Crippen molar-refractivity contribution in [3.8, 4) is 0 Å². The maximum atomic E-state index is 13.0. The number of hydrogen-bond acceptors (Lipinski definition) is 2. The lowest BCUT2D eigenvalue weighted by atomic mass is 10.1. The number of carbonyl (C=O) groups is 1. The lowest BCUT2D eigenvalue weighted by molar-refractivity contribution is 0.102. The van der Waals surface area contributed by atoms with Gasteiger partial charge in [-0.1, -0.05) is 17.7 Å². The van der Waals surface area contributed by atoms with Crippen LogP contribution in [0.15, 0.2) is 47.4 Å². The third-order valence-electron chi connectivity index (χ3n) is 2.65. The van der Waals surface area contributed by atoms with Gasteiger partial charge in [0.05, 0.1) is 5.75 Å². The number of halogens is 2. The summed E-state index contributed by atoms with van der Waals surface area (Å²) < 4.78 is 13.0. The highest BCUT2D eigenvalue weighted by atomic mass is 35.5. The second kappa shape index (κ2) is 6.22. The monoisotopic (exact) mass is 294 g/mol. The van der Waals surface area contributed by atoms with Crippen LogP contribution in [0.2, 0.25) is 5.02 Å². The van der Waals surface area contributed by atoms with E-state index in [0.29, 0.717) is 21.9 Å². The van der Waals surface area contributed by atoms with Crippen molar-refractivity contribution in [2.24, 2.45) is 0 Å². The first-order chi connectivity index (χ1) is 9.06. The van der Waals surface area contributed by atoms with Crippen molar-refractivity contribution in [2.45, 2.75) is 11.8 Å². The average Bonchev–Trinajstić information content (AvgIpc) is 2.36. The molecule has 2 aromatic rings. The molecule has 0 fully saturated rings. The van der Waals surface area contributed by atoms with Crippen LogP contribution in [-0.2, 0) is 0 Å². The van der Waals surface area contributed by atoms with E-state index in [1.165, 1.54) is 30.0 Å². The van der Waals surface area contributed by atoms with Gasteiger partial charge in [0, 0.05) is 15.5 Å². The van der Waals surface area contributed by atoms with Crippen LogP contribution in [-0.4, -0.2) is 11.5 Å². The van der Waals surface area contributed by atoms with Crippen LogP contribution in [0.3, 0.4) is 0 Å². The summed E-state index contributed by atoms with van der Waals surface area (Å²) in [7, 11) is 0. The predicted octanol–water partition coefficient (Wildman–Crippen LogP) is 4.76. The van der Waals surface area contributed by atoms with Gasteiger partial charge in [0.25, 0.3) is 0 Å². The summed E-state index contributed by atoms with van der Waals surface area (Å²) in [6.07, 6.45) is 0. The zero-order chi connectivity index (χ0) is 13.8. The van der Waals surface area contributed by atoms with Crippen LogP contribution in [0.5, 0.6) is 0 Å². The van der Waals surface area contributed by atoms with Gasteiger partial charge in [-0.25, -0.2) is 4.39 Å². The number of carbonyl (C=O) groups excluding carboxylic acids is 1. The zero-order valence-corrected chi connectivity index (χ0v) is 11.9. The Bertz CT molecular complexity index is 613. The van der Waals surface area contributed by atoms with E-state index in [1.807, 2.05) is 18.2 Å². The van der Waals surface area contributed by atoms with Crippen LogP contribution in [0.4, 0.5) is 4.39 Å². The Kier molecular flexibility index (Phi) is 4.61. The smallest absolute Gasteiger partial charge is 0.173 e. The molecule has 2 aromatic carbocycles. The van der Waals surface area contributed by atoms with Crippen molar-refractivity contribution in [1.82, 2.24) is 0 Å². The molecule has 0 amide bonds. The van der Waals surface area contributed by atoms with E-state index >= 15 is 0 Å². The highest BCUT2D eigenvalue weighted by Crippen LogP contribution is 2.23. The van der Waals surface area contributed by atoms with Crippen molar-refractivity contribution in [2.75, 3.05) is 5.75 Å². The molecule has 98 valence electrons. The van der Waals surface area contributed by atoms with Crippen molar-refractivity contribution in [1.29, 1.82) is 0 Å². The predicted molar refractivity (Wildman–Crippen MR) is 77.6 cm³/mol. The number of Topliss-reactive ketones (excluding diaryl/α,β-unsaturated/α-hetero) is 1. The first-order valence-electron chi connectivity index (χ1n) is 5.74. The molecular formula is C15H12ClFOS. The van der Waals surface area contributed by atoms with E-state index < -0.39 is 0 Å². The van der Waals surface area contributed by atoms with Gasteiger partial charge in [0.1, 0.15) is 5.82 Å². The number of aryl methyl sites for hydroxylation is 1. The Labute approximate surface area is 120 Å². The van der Waals surface area contributed by atoms with Crippen molar-refractivity contribution in [3.05, 3.63) is 64.4 Å². The molecule has 0 aromatic heterocycles. The number of benzene rings is 2. The number of thioether (sulfide) groups is 1. The fourth-order valence-electron chi connectivity index (χ4n) is 1.72. The maximum absolute atomic E-state index is 13.0. The topological polar surface area (TPSA) is 17.1 Å². The molecule has 0 aliphatic heterocycles. The van der Waals surface area contributed by atoms with Gasteiger partial charge in [0.15, 0.2) is 5.78 Å². The Morgan fingerprint density at radius 1 is 1.26 bits per heavy atom. The maximum Gasteiger partial charge on any atom is 0.173 e. The molecule has 0 N–H and O–H groups in total. The van der Waals surface area contributed by atoms with Gasteiger partial charge >= 0.3 is 0 Å². The first-order valence-corrected chi connectivity index (χ1v) is 7.10. The van der Waals surface area contributed by atoms with Gasteiger partial charge in [-0.3, -0.25) is 4.79 Å². The summed E-state index contributed by atoms with van der Waals surface area (Å²) in [4.78, 5) is 13.0. The van der Waals surface area contributed by atoms with Crippen LogP contribution in [0, 0.1) is 12.7 Å². The fourth-order valence-corrected chi connectivity index (χ4v) is 2.82. The molecule has 0 aliphatic rings. The molecule has 0 saturated carbocycles. The molecule has 0 aliphatic carbocycles. The number of hydrogen-bond donors (Lipinski definition) is 0. The van der Waals surface area contributed by atoms with Gasteiger partial charge in [-0.05, 0) is 48.9 Å². The summed E-state index contributed by atoms with van der Waals surface area (Å²) >= 11 is 7.30. The lowest BCUT2D eigenvalue weighted by Gasteiger charge is -2.05. The molecule has 1 nitrogen and oxygen atoms in total. The molecule has 0 heterocycles. The third kappa shape index (κ3) is 3.82. The van der Waals surface area contributed by atoms with Crippen LogP contribution in [0.25, 0.3) is 0 Å². The molecule has 2 rings (SSSR count). The molecule has 0 radical (unpaired) electrons. The average molecular weight is 295 g/mol. The molecule has 0 saturated heterocycles. The van der Waals surface area contributed by atoms with E-state index in [2.05, 4.69) is 0 Å². The molecule has 19 heavy (non-hydrogen) atoms. The van der Waals surface area contributed by atoms with Crippen LogP contribution < -0.4 is 0 Å². The highest BCUT2D eigenvalue weighted by Gasteiger charge is 2.10. The minimum absolute atomic E-state index is 0.0116. The molecule has 0 spiro atoms.